The molecule has 2 aliphatic heterocycles. The minimum absolute atomic E-state index is 0.00392. The molecule has 1 aliphatic carbocycles. The van der Waals surface area contributed by atoms with Gasteiger partial charge in [0.25, 0.3) is 5.79 Å². The summed E-state index contributed by atoms with van der Waals surface area (Å²) < 4.78 is 34.8. The molecule has 0 radical (unpaired) electrons. The summed E-state index contributed by atoms with van der Waals surface area (Å²) in [6.45, 7) is 6.29. The fourth-order valence-electron chi connectivity index (χ4n) is 5.41. The second kappa shape index (κ2) is 8.41. The molecule has 1 saturated carbocycles. The van der Waals surface area contributed by atoms with Crippen LogP contribution in [0.3, 0.4) is 0 Å². The van der Waals surface area contributed by atoms with Crippen molar-refractivity contribution in [2.75, 3.05) is 20.8 Å². The molecule has 2 saturated heterocycles. The normalized spacial score (nSPS) is 37.2. The lowest BCUT2D eigenvalue weighted by molar-refractivity contribution is -0.437. The molecule has 0 bridgehead atoms. The summed E-state index contributed by atoms with van der Waals surface area (Å²) in [4.78, 5) is 40.6. The van der Waals surface area contributed by atoms with Crippen LogP contribution in [0.1, 0.15) is 52.0 Å². The number of cyclic esters (lactones) is 2. The summed E-state index contributed by atoms with van der Waals surface area (Å²) in [5.41, 5.74) is -1.13. The van der Waals surface area contributed by atoms with E-state index < -0.39 is 52.7 Å². The number of carbonyl (C=O) groups is 3. The van der Waals surface area contributed by atoms with Crippen LogP contribution in [0.15, 0.2) is 30.3 Å². The average molecular weight is 477 g/mol. The second-order valence-corrected chi connectivity index (χ2v) is 9.83. The molecule has 1 unspecified atom stereocenters. The van der Waals surface area contributed by atoms with Gasteiger partial charge in [0.1, 0.15) is 5.78 Å². The van der Waals surface area contributed by atoms with Crippen LogP contribution in [0, 0.1) is 11.3 Å². The molecule has 1 aromatic rings. The summed E-state index contributed by atoms with van der Waals surface area (Å²) in [6, 6.07) is 9.01. The zero-order valence-corrected chi connectivity index (χ0v) is 20.4. The summed E-state index contributed by atoms with van der Waals surface area (Å²) >= 11 is 0. The first kappa shape index (κ1) is 24.8. The van der Waals surface area contributed by atoms with E-state index >= 15 is 0 Å². The highest BCUT2D eigenvalue weighted by atomic mass is 16.8. The van der Waals surface area contributed by atoms with Crippen LogP contribution in [-0.2, 0) is 42.8 Å². The third kappa shape index (κ3) is 3.66. The molecular formula is C25H32O9. The van der Waals surface area contributed by atoms with Gasteiger partial charge in [0, 0.05) is 52.7 Å². The maximum atomic E-state index is 13.8. The van der Waals surface area contributed by atoms with Gasteiger partial charge in [0.05, 0.1) is 12.7 Å². The first-order valence-electron chi connectivity index (χ1n) is 11.4. The van der Waals surface area contributed by atoms with Crippen molar-refractivity contribution in [1.29, 1.82) is 0 Å². The molecule has 1 spiro atoms. The van der Waals surface area contributed by atoms with Gasteiger partial charge in [-0.1, -0.05) is 30.3 Å². The van der Waals surface area contributed by atoms with Crippen molar-refractivity contribution in [2.24, 2.45) is 11.3 Å². The Labute approximate surface area is 199 Å². The summed E-state index contributed by atoms with van der Waals surface area (Å²) in [5, 5.41) is 0. The van der Waals surface area contributed by atoms with E-state index in [1.54, 1.807) is 38.1 Å². The predicted molar refractivity (Wildman–Crippen MR) is 117 cm³/mol. The molecule has 5 atom stereocenters. The first-order valence-corrected chi connectivity index (χ1v) is 11.4. The van der Waals surface area contributed by atoms with Gasteiger partial charge in [-0.2, -0.15) is 0 Å². The first-order chi connectivity index (χ1) is 15.9. The molecule has 186 valence electrons. The molecule has 3 fully saturated rings. The van der Waals surface area contributed by atoms with Crippen molar-refractivity contribution in [3.63, 3.8) is 0 Å². The molecule has 3 aliphatic rings. The Hall–Kier alpha value is -2.33. The zero-order valence-electron chi connectivity index (χ0n) is 20.4. The van der Waals surface area contributed by atoms with Gasteiger partial charge in [0.2, 0.25) is 11.6 Å². The Morgan fingerprint density at radius 3 is 2.00 bits per heavy atom. The molecule has 0 amide bonds. The van der Waals surface area contributed by atoms with Gasteiger partial charge in [-0.25, -0.2) is 0 Å². The fraction of sp³-hybridized carbons (Fsp3) is 0.640. The van der Waals surface area contributed by atoms with E-state index in [1.165, 1.54) is 28.1 Å². The number of methoxy groups -OCH3 is 2. The molecule has 2 heterocycles. The van der Waals surface area contributed by atoms with Crippen molar-refractivity contribution >= 4 is 17.7 Å². The van der Waals surface area contributed by atoms with Crippen LogP contribution in [0.25, 0.3) is 0 Å². The highest BCUT2D eigenvalue weighted by molar-refractivity contribution is 6.05. The lowest BCUT2D eigenvalue weighted by Gasteiger charge is -2.55. The van der Waals surface area contributed by atoms with Gasteiger partial charge in [-0.3, -0.25) is 14.4 Å². The minimum atomic E-state index is -1.80. The smallest absolute Gasteiger partial charge is 0.327 e. The zero-order chi connectivity index (χ0) is 24.9. The summed E-state index contributed by atoms with van der Waals surface area (Å²) in [7, 11) is 2.92. The molecule has 9 heteroatoms. The van der Waals surface area contributed by atoms with Gasteiger partial charge < -0.3 is 28.4 Å². The van der Waals surface area contributed by atoms with Gasteiger partial charge in [-0.15, -0.1) is 0 Å². The van der Waals surface area contributed by atoms with Crippen molar-refractivity contribution in [3.05, 3.63) is 35.9 Å². The Morgan fingerprint density at radius 2 is 1.44 bits per heavy atom. The standard InChI is InChI=1S/C25H32O9/c1-22(2)33-20(27)25(21(28)34-22)17(15-10-8-7-9-11-15)12-16(26)13-18(25)19-14-31-23(3,29-5)24(4,30-6)32-19/h7-11,17-19H,12-14H2,1-6H3/t17-,18+,19?,23-,24-/m1/s1. The van der Waals surface area contributed by atoms with Gasteiger partial charge in [0.15, 0.2) is 5.41 Å². The van der Waals surface area contributed by atoms with Crippen LogP contribution >= 0.6 is 0 Å². The van der Waals surface area contributed by atoms with Crippen molar-refractivity contribution in [2.45, 2.75) is 69.9 Å². The van der Waals surface area contributed by atoms with E-state index in [2.05, 4.69) is 0 Å². The monoisotopic (exact) mass is 476 g/mol. The lowest BCUT2D eigenvalue weighted by Crippen LogP contribution is -2.68. The molecule has 4 rings (SSSR count). The molecule has 1 aromatic carbocycles. The Bertz CT molecular complexity index is 954. The summed E-state index contributed by atoms with van der Waals surface area (Å²) in [6.07, 6.45) is -0.938. The predicted octanol–water partition coefficient (Wildman–Crippen LogP) is 2.71. The number of benzene rings is 1. The minimum Gasteiger partial charge on any atom is -0.422 e. The quantitative estimate of drug-likeness (QED) is 0.479. The number of ether oxygens (including phenoxy) is 6. The van der Waals surface area contributed by atoms with Crippen molar-refractivity contribution < 1.29 is 42.8 Å². The molecular weight excluding hydrogens is 444 g/mol. The van der Waals surface area contributed by atoms with Gasteiger partial charge >= 0.3 is 11.9 Å². The van der Waals surface area contributed by atoms with Crippen LogP contribution in [0.5, 0.6) is 0 Å². The third-order valence-corrected chi connectivity index (χ3v) is 7.52. The van der Waals surface area contributed by atoms with Crippen molar-refractivity contribution in [1.82, 2.24) is 0 Å². The number of hydrogen-bond donors (Lipinski definition) is 0. The Kier molecular flexibility index (Phi) is 6.13. The summed E-state index contributed by atoms with van der Waals surface area (Å²) in [5.74, 6) is -7.32. The SMILES string of the molecule is CO[C@]1(C)OCC([C@@H]2CC(=O)C[C@H](c3ccccc3)C23C(=O)OC(C)(C)OC3=O)O[C@@]1(C)OC. The van der Waals surface area contributed by atoms with Crippen LogP contribution in [0.2, 0.25) is 0 Å². The van der Waals surface area contributed by atoms with E-state index in [-0.39, 0.29) is 25.2 Å². The number of ketones is 1. The van der Waals surface area contributed by atoms with Gasteiger partial charge in [-0.05, 0) is 19.4 Å². The number of hydrogen-bond acceptors (Lipinski definition) is 9. The van der Waals surface area contributed by atoms with E-state index in [9.17, 15) is 14.4 Å². The maximum absolute atomic E-state index is 13.8. The van der Waals surface area contributed by atoms with E-state index in [4.69, 9.17) is 28.4 Å². The molecule has 0 N–H and O–H groups in total. The lowest BCUT2D eigenvalue weighted by atomic mass is 9.55. The molecule has 0 aromatic heterocycles. The number of carbonyl (C=O) groups excluding carboxylic acids is 3. The number of esters is 2. The van der Waals surface area contributed by atoms with Crippen LogP contribution in [0.4, 0.5) is 0 Å². The fourth-order valence-corrected chi connectivity index (χ4v) is 5.41. The molecule has 9 nitrogen and oxygen atoms in total. The average Bonchev–Trinajstić information content (AvgIpc) is 2.79. The highest BCUT2D eigenvalue weighted by Crippen LogP contribution is 2.57. The van der Waals surface area contributed by atoms with E-state index in [0.29, 0.717) is 5.56 Å². The topological polar surface area (TPSA) is 107 Å². The molecule has 34 heavy (non-hydrogen) atoms. The Morgan fingerprint density at radius 1 is 0.853 bits per heavy atom. The number of rotatable bonds is 4. The maximum Gasteiger partial charge on any atom is 0.327 e. The van der Waals surface area contributed by atoms with E-state index in [1.807, 2.05) is 6.07 Å². The van der Waals surface area contributed by atoms with E-state index in [0.717, 1.165) is 0 Å². The number of Topliss-reactive ketones (excluding diaryl/α,β-unsaturated/α-hetero) is 1. The van der Waals surface area contributed by atoms with Crippen molar-refractivity contribution in [3.8, 4) is 0 Å². The highest BCUT2D eigenvalue weighted by Gasteiger charge is 2.70. The largest absolute Gasteiger partial charge is 0.422 e. The second-order valence-electron chi connectivity index (χ2n) is 9.83. The third-order valence-electron chi connectivity index (χ3n) is 7.52. The Balaban J connectivity index is 1.84. The van der Waals surface area contributed by atoms with Crippen LogP contribution in [-0.4, -0.2) is 62.0 Å². The van der Waals surface area contributed by atoms with Crippen LogP contribution < -0.4 is 0 Å².